The van der Waals surface area contributed by atoms with E-state index in [-0.39, 0.29) is 79.4 Å². The van der Waals surface area contributed by atoms with E-state index in [9.17, 15) is 24.0 Å². The molecule has 4 aromatic heterocycles. The highest BCUT2D eigenvalue weighted by atomic mass is 16.5. The van der Waals surface area contributed by atoms with Crippen LogP contribution in [0.15, 0.2) is 55.2 Å². The topological polar surface area (TPSA) is 268 Å². The maximum absolute atomic E-state index is 12.5. The summed E-state index contributed by atoms with van der Waals surface area (Å²) in [5.74, 6) is -1.26. The van der Waals surface area contributed by atoms with E-state index in [1.807, 2.05) is 13.0 Å². The molecule has 19 heteroatoms. The van der Waals surface area contributed by atoms with Gasteiger partial charge in [-0.3, -0.25) is 24.3 Å². The number of rotatable bonds is 7. The third-order valence-corrected chi connectivity index (χ3v) is 7.90. The van der Waals surface area contributed by atoms with Crippen LogP contribution in [-0.2, 0) is 22.7 Å². The van der Waals surface area contributed by atoms with Crippen LogP contribution in [-0.4, -0.2) is 83.0 Å². The lowest BCUT2D eigenvalue weighted by molar-refractivity contribution is -0.119. The molecule has 270 valence electrons. The Labute approximate surface area is 298 Å². The third kappa shape index (κ3) is 7.38. The van der Waals surface area contributed by atoms with Gasteiger partial charge in [-0.2, -0.15) is 5.10 Å². The van der Waals surface area contributed by atoms with Gasteiger partial charge in [-0.05, 0) is 42.3 Å². The second kappa shape index (κ2) is 14.8. The summed E-state index contributed by atoms with van der Waals surface area (Å²) < 4.78 is 10.6. The number of H-pyrrole nitrogens is 2. The maximum atomic E-state index is 12.5. The first-order valence-electron chi connectivity index (χ1n) is 15.5. The molecule has 0 bridgehead atoms. The van der Waals surface area contributed by atoms with Crippen molar-refractivity contribution in [2.45, 2.75) is 27.4 Å². The number of carbonyl (C=O) groups excluding carboxylic acids is 4. The molecule has 4 amide bonds. The van der Waals surface area contributed by atoms with E-state index in [0.717, 1.165) is 23.1 Å². The number of nitrogens with one attached hydrogen (secondary N) is 6. The Bertz CT molecular complexity index is 2420. The van der Waals surface area contributed by atoms with Gasteiger partial charge in [0.2, 0.25) is 0 Å². The minimum Gasteiger partial charge on any atom is -0.482 e. The Hall–Kier alpha value is -7.44. The fraction of sp³-hybridized carbons (Fsp3) is 0.176. The van der Waals surface area contributed by atoms with Crippen molar-refractivity contribution in [2.75, 3.05) is 23.8 Å². The van der Waals surface area contributed by atoms with Crippen LogP contribution in [0.25, 0.3) is 22.1 Å². The molecule has 2 aliphatic rings. The van der Waals surface area contributed by atoms with Gasteiger partial charge < -0.3 is 40.8 Å². The number of aromatic amines is 2. The van der Waals surface area contributed by atoms with Crippen LogP contribution in [0.4, 0.5) is 11.4 Å². The smallest absolute Gasteiger partial charge is 0.339 e. The fourth-order valence-electron chi connectivity index (χ4n) is 5.40. The van der Waals surface area contributed by atoms with Crippen LogP contribution in [0, 0.1) is 6.92 Å². The first-order chi connectivity index (χ1) is 25.1. The van der Waals surface area contributed by atoms with Crippen LogP contribution in [0.5, 0.6) is 11.5 Å². The molecule has 0 atom stereocenters. The Balaban J connectivity index is 0.000000178. The van der Waals surface area contributed by atoms with Crippen LogP contribution >= 0.6 is 0 Å². The quantitative estimate of drug-likeness (QED) is 0.125. The third-order valence-electron chi connectivity index (χ3n) is 7.90. The number of nitrogens with zero attached hydrogens (tertiary/aromatic N) is 5. The molecule has 0 spiro atoms. The molecule has 53 heavy (non-hydrogen) atoms. The predicted molar refractivity (Wildman–Crippen MR) is 187 cm³/mol. The molecule has 6 heterocycles. The monoisotopic (exact) mass is 721 g/mol. The van der Waals surface area contributed by atoms with Gasteiger partial charge in [0, 0.05) is 19.3 Å². The number of carboxylic acid groups (broad SMARTS) is 1. The van der Waals surface area contributed by atoms with Gasteiger partial charge in [0.1, 0.15) is 46.3 Å². The lowest BCUT2D eigenvalue weighted by Crippen LogP contribution is -2.26. The molecule has 6 aromatic rings. The summed E-state index contributed by atoms with van der Waals surface area (Å²) in [6.07, 6.45) is 3.75. The number of hydrogen-bond donors (Lipinski definition) is 7. The number of benzene rings is 2. The highest BCUT2D eigenvalue weighted by Gasteiger charge is 2.21. The van der Waals surface area contributed by atoms with Gasteiger partial charge in [-0.15, -0.1) is 0 Å². The highest BCUT2D eigenvalue weighted by molar-refractivity contribution is 6.08. The molecule has 7 N–H and O–H groups in total. The lowest BCUT2D eigenvalue weighted by atomic mass is 10.1. The zero-order chi connectivity index (χ0) is 36.4. The highest BCUT2D eigenvalue weighted by Crippen LogP contribution is 2.29. The summed E-state index contributed by atoms with van der Waals surface area (Å²) in [4.78, 5) is 77.6. The molecular weight excluding hydrogens is 690 g/mol. The Morgan fingerprint density at radius 1 is 0.774 bits per heavy atom. The number of aromatic carboxylic acids is 1. The standard InChI is InChI=1S/C17H13N5O5.C16H14N6O3.CH4/c23-12-6-27-11-2-1-8(3-10(11)22-12)4-19-16(24)15-14-13(20-7-21-15)9(5-18-14)17(25)26;1-8-13-14(22-21-8)15(19-7-18-13)16(24)17-5-9-2-3-11-10(4-9)20-12(23)6-25-11;/h1-3,5,7,18H,4,6H2,(H,19,24)(H,22,23)(H,25,26);2-4,7H,5-6H2,1H3,(H,17,24)(H,20,23)(H,21,22);1H4. The first-order valence-corrected chi connectivity index (χ1v) is 15.5. The average Bonchev–Trinajstić information content (AvgIpc) is 3.76. The van der Waals surface area contributed by atoms with Crippen molar-refractivity contribution in [3.63, 3.8) is 0 Å². The largest absolute Gasteiger partial charge is 0.482 e. The zero-order valence-corrected chi connectivity index (χ0v) is 27.1. The Kier molecular flexibility index (Phi) is 9.89. The normalized spacial score (nSPS) is 12.7. The molecule has 0 radical (unpaired) electrons. The molecule has 0 saturated heterocycles. The Morgan fingerprint density at radius 3 is 1.91 bits per heavy atom. The summed E-state index contributed by atoms with van der Waals surface area (Å²) in [5.41, 5.74) is 5.16. The van der Waals surface area contributed by atoms with Gasteiger partial charge in [-0.25, -0.2) is 24.7 Å². The molecule has 0 fully saturated rings. The van der Waals surface area contributed by atoms with Crippen molar-refractivity contribution < 1.29 is 38.6 Å². The number of hydrogen-bond acceptors (Lipinski definition) is 12. The van der Waals surface area contributed by atoms with E-state index in [0.29, 0.717) is 33.9 Å². The number of fused-ring (bicyclic) bond motifs is 4. The minimum absolute atomic E-state index is 0. The number of aromatic nitrogens is 7. The molecular formula is C34H31N11O8. The van der Waals surface area contributed by atoms with Gasteiger partial charge in [0.05, 0.1) is 22.6 Å². The second-order valence-corrected chi connectivity index (χ2v) is 11.4. The summed E-state index contributed by atoms with van der Waals surface area (Å²) >= 11 is 0. The summed E-state index contributed by atoms with van der Waals surface area (Å²) in [6.45, 7) is 2.27. The van der Waals surface area contributed by atoms with Crippen molar-refractivity contribution in [3.05, 3.63) is 89.0 Å². The summed E-state index contributed by atoms with van der Waals surface area (Å²) in [5, 5.41) is 27.0. The summed E-state index contributed by atoms with van der Waals surface area (Å²) in [6, 6.07) is 10.5. The lowest BCUT2D eigenvalue weighted by Gasteiger charge is -2.18. The van der Waals surface area contributed by atoms with E-state index in [2.05, 4.69) is 56.4 Å². The molecule has 0 aliphatic carbocycles. The van der Waals surface area contributed by atoms with E-state index >= 15 is 0 Å². The van der Waals surface area contributed by atoms with Crippen molar-refractivity contribution >= 4 is 63.0 Å². The van der Waals surface area contributed by atoms with Crippen molar-refractivity contribution in [1.82, 2.24) is 45.8 Å². The summed E-state index contributed by atoms with van der Waals surface area (Å²) in [7, 11) is 0. The molecule has 8 rings (SSSR count). The molecule has 0 saturated carbocycles. The van der Waals surface area contributed by atoms with Crippen molar-refractivity contribution in [3.8, 4) is 11.5 Å². The number of carboxylic acids is 1. The number of carbonyl (C=O) groups is 5. The second-order valence-electron chi connectivity index (χ2n) is 11.4. The van der Waals surface area contributed by atoms with E-state index in [1.54, 1.807) is 30.3 Å². The van der Waals surface area contributed by atoms with Crippen LogP contribution < -0.4 is 30.7 Å². The van der Waals surface area contributed by atoms with E-state index in [4.69, 9.17) is 14.6 Å². The average molecular weight is 722 g/mol. The number of anilines is 2. The van der Waals surface area contributed by atoms with Crippen LogP contribution in [0.3, 0.4) is 0 Å². The van der Waals surface area contributed by atoms with E-state index in [1.165, 1.54) is 12.5 Å². The number of aryl methyl sites for hydroxylation is 1. The van der Waals surface area contributed by atoms with Crippen LogP contribution in [0.1, 0.15) is 55.6 Å². The van der Waals surface area contributed by atoms with Gasteiger partial charge in [-0.1, -0.05) is 19.6 Å². The fourth-order valence-corrected chi connectivity index (χ4v) is 5.40. The van der Waals surface area contributed by atoms with Gasteiger partial charge >= 0.3 is 5.97 Å². The molecule has 2 aromatic carbocycles. The number of ether oxygens (including phenoxy) is 2. The maximum Gasteiger partial charge on any atom is 0.339 e. The SMILES string of the molecule is C.Cc1[nH]nc2c(C(=O)NCc3ccc4c(c3)NC(=O)CO4)ncnc12.O=C1COc2ccc(CNC(=O)c3ncnc4c(C(=O)O)c[nH]c34)cc2N1. The van der Waals surface area contributed by atoms with Gasteiger partial charge in [0.25, 0.3) is 23.6 Å². The molecule has 2 aliphatic heterocycles. The first kappa shape index (κ1) is 35.4. The number of amides is 4. The van der Waals surface area contributed by atoms with Crippen molar-refractivity contribution in [2.24, 2.45) is 0 Å². The Morgan fingerprint density at radius 2 is 1.32 bits per heavy atom. The van der Waals surface area contributed by atoms with Crippen molar-refractivity contribution in [1.29, 1.82) is 0 Å². The predicted octanol–water partition coefficient (Wildman–Crippen LogP) is 2.48. The molecule has 0 unspecified atom stereocenters. The van der Waals surface area contributed by atoms with Crippen LogP contribution in [0.2, 0.25) is 0 Å². The molecule has 19 nitrogen and oxygen atoms in total. The van der Waals surface area contributed by atoms with Gasteiger partial charge in [0.15, 0.2) is 24.6 Å². The van der Waals surface area contributed by atoms with E-state index < -0.39 is 11.9 Å². The minimum atomic E-state index is -1.15. The zero-order valence-electron chi connectivity index (χ0n) is 27.1.